The van der Waals surface area contributed by atoms with Gasteiger partial charge in [-0.3, -0.25) is 0 Å². The molecule has 0 unspecified atom stereocenters. The molecule has 7 nitrogen and oxygen atoms in total. The maximum atomic E-state index is 10.8. The third-order valence-corrected chi connectivity index (χ3v) is 2.96. The topological polar surface area (TPSA) is 152 Å². The third-order valence-electron chi connectivity index (χ3n) is 2.13. The Morgan fingerprint density at radius 3 is 1.68 bits per heavy atom. The van der Waals surface area contributed by atoms with Crippen LogP contribution >= 0.6 is 0 Å². The summed E-state index contributed by atoms with van der Waals surface area (Å²) in [5.74, 6) is -2.72. The predicted molar refractivity (Wildman–Crippen MR) is 74.0 cm³/mol. The van der Waals surface area contributed by atoms with Crippen molar-refractivity contribution >= 4 is 42.3 Å². The molecule has 9 heteroatoms. The Morgan fingerprint density at radius 2 is 1.36 bits per heavy atom. The zero-order chi connectivity index (χ0) is 15.2. The number of carboxylic acids is 1. The van der Waals surface area contributed by atoms with Crippen molar-refractivity contribution in [1.82, 2.24) is 0 Å². The van der Waals surface area contributed by atoms with E-state index in [0.717, 1.165) is 6.07 Å². The Hall–Kier alpha value is -1.54. The van der Waals surface area contributed by atoms with Crippen molar-refractivity contribution in [2.75, 3.05) is 0 Å². The SMILES string of the molecule is O.O=C([O-])c1cc(S(=O)(=O)[O-])ccc1[O-].[Bi+3].c1ccccc1. The molecule has 0 saturated carbocycles. The van der Waals surface area contributed by atoms with E-state index in [1.54, 1.807) is 0 Å². The molecule has 0 aromatic heterocycles. The van der Waals surface area contributed by atoms with E-state index in [2.05, 4.69) is 0 Å². The summed E-state index contributed by atoms with van der Waals surface area (Å²) < 4.78 is 31.3. The van der Waals surface area contributed by atoms with Gasteiger partial charge >= 0.3 is 26.2 Å². The predicted octanol–water partition coefficient (Wildman–Crippen LogP) is -1.49. The molecule has 0 saturated heterocycles. The maximum Gasteiger partial charge on any atom is 3.00 e. The van der Waals surface area contributed by atoms with Crippen LogP contribution in [0.15, 0.2) is 59.5 Å². The summed E-state index contributed by atoms with van der Waals surface area (Å²) in [6.07, 6.45) is 0. The van der Waals surface area contributed by atoms with Gasteiger partial charge in [0, 0.05) is 0 Å². The fourth-order valence-corrected chi connectivity index (χ4v) is 1.71. The summed E-state index contributed by atoms with van der Waals surface area (Å²) in [6.45, 7) is 0. The monoisotopic (exact) mass is 520 g/mol. The minimum absolute atomic E-state index is 0. The number of aromatic carboxylic acids is 1. The first-order valence-electron chi connectivity index (χ1n) is 5.30. The Balaban J connectivity index is 0. The average molecular weight is 520 g/mol. The molecule has 2 rings (SSSR count). The van der Waals surface area contributed by atoms with Gasteiger partial charge in [-0.05, 0) is 17.7 Å². The fourth-order valence-electron chi connectivity index (χ4n) is 1.21. The summed E-state index contributed by atoms with van der Waals surface area (Å²) in [4.78, 5) is 9.53. The Morgan fingerprint density at radius 1 is 0.955 bits per heavy atom. The van der Waals surface area contributed by atoms with Crippen molar-refractivity contribution < 1.29 is 33.5 Å². The number of hydrogen-bond donors (Lipinski definition) is 0. The molecule has 2 N–H and O–H groups in total. The van der Waals surface area contributed by atoms with Gasteiger partial charge in [0.05, 0.1) is 10.9 Å². The van der Waals surface area contributed by atoms with E-state index < -0.39 is 32.3 Å². The van der Waals surface area contributed by atoms with E-state index in [-0.39, 0.29) is 31.7 Å². The summed E-state index contributed by atoms with van der Waals surface area (Å²) in [5, 5.41) is 21.1. The minimum Gasteiger partial charge on any atom is -0.872 e. The van der Waals surface area contributed by atoms with Crippen LogP contribution in [-0.4, -0.2) is 50.6 Å². The number of hydrogen-bond acceptors (Lipinski definition) is 6. The van der Waals surface area contributed by atoms with Crippen LogP contribution in [-0.2, 0) is 10.1 Å². The maximum absolute atomic E-state index is 10.8. The van der Waals surface area contributed by atoms with Crippen LogP contribution in [0.2, 0.25) is 0 Å². The second-order valence-electron chi connectivity index (χ2n) is 3.55. The van der Waals surface area contributed by atoms with Gasteiger partial charge in [0.1, 0.15) is 10.1 Å². The van der Waals surface area contributed by atoms with Crippen molar-refractivity contribution in [3.63, 3.8) is 0 Å². The summed E-state index contributed by atoms with van der Waals surface area (Å²) in [5.41, 5.74) is -0.845. The van der Waals surface area contributed by atoms with Crippen molar-refractivity contribution in [1.29, 1.82) is 0 Å². The van der Waals surface area contributed by atoms with Gasteiger partial charge < -0.3 is 25.0 Å². The van der Waals surface area contributed by atoms with E-state index >= 15 is 0 Å². The molecule has 22 heavy (non-hydrogen) atoms. The Kier molecular flexibility index (Phi) is 10.6. The third kappa shape index (κ3) is 7.47. The van der Waals surface area contributed by atoms with Gasteiger partial charge in [-0.25, -0.2) is 8.42 Å². The molecule has 2 radical (unpaired) electrons. The molecule has 2 aromatic carbocycles. The number of carboxylic acid groups (broad SMARTS) is 1. The number of rotatable bonds is 2. The van der Waals surface area contributed by atoms with Crippen LogP contribution in [0.5, 0.6) is 5.75 Å². The molecule has 0 spiro atoms. The molecule has 0 amide bonds. The smallest absolute Gasteiger partial charge is 0.872 e. The molecule has 0 bridgehead atoms. The molecule has 0 fully saturated rings. The molecular weight excluding hydrogens is 509 g/mol. The van der Waals surface area contributed by atoms with Crippen molar-refractivity contribution in [2.45, 2.75) is 4.90 Å². The van der Waals surface area contributed by atoms with Gasteiger partial charge in [-0.15, -0.1) is 0 Å². The van der Waals surface area contributed by atoms with Crippen LogP contribution in [0.4, 0.5) is 0 Å². The number of carbonyl (C=O) groups is 1. The first kappa shape index (κ1) is 22.7. The molecule has 0 heterocycles. The fraction of sp³-hybridized carbons (Fsp3) is 0. The molecule has 116 valence electrons. The van der Waals surface area contributed by atoms with Crippen LogP contribution in [0.25, 0.3) is 0 Å². The number of benzene rings is 2. The van der Waals surface area contributed by atoms with E-state index in [9.17, 15) is 28.0 Å². The molecule has 0 aliphatic carbocycles. The van der Waals surface area contributed by atoms with Crippen LogP contribution in [0.3, 0.4) is 0 Å². The molecule has 2 aromatic rings. The van der Waals surface area contributed by atoms with Crippen molar-refractivity contribution in [2.24, 2.45) is 0 Å². The van der Waals surface area contributed by atoms with Gasteiger partial charge in [-0.1, -0.05) is 48.2 Å². The molecule has 0 aliphatic rings. The van der Waals surface area contributed by atoms with Crippen molar-refractivity contribution in [3.8, 4) is 5.75 Å². The second kappa shape index (κ2) is 10.2. The first-order chi connectivity index (χ1) is 9.32. The summed E-state index contributed by atoms with van der Waals surface area (Å²) >= 11 is 0. The molecule has 0 atom stereocenters. The van der Waals surface area contributed by atoms with Crippen molar-refractivity contribution in [3.05, 3.63) is 60.2 Å². The Labute approximate surface area is 146 Å². The normalized spacial score (nSPS) is 9.32. The average Bonchev–Trinajstić information content (AvgIpc) is 2.40. The van der Waals surface area contributed by atoms with E-state index in [1.165, 1.54) is 0 Å². The second-order valence-corrected chi connectivity index (χ2v) is 4.93. The van der Waals surface area contributed by atoms with Crippen LogP contribution < -0.4 is 10.2 Å². The van der Waals surface area contributed by atoms with Gasteiger partial charge in [0.2, 0.25) is 0 Å². The van der Waals surface area contributed by atoms with E-state index in [1.807, 2.05) is 36.4 Å². The van der Waals surface area contributed by atoms with Gasteiger partial charge in [0.15, 0.2) is 0 Å². The summed E-state index contributed by atoms with van der Waals surface area (Å²) in [6, 6.07) is 13.9. The largest absolute Gasteiger partial charge is 3.00 e. The minimum atomic E-state index is -4.76. The quantitative estimate of drug-likeness (QED) is 0.348. The number of carbonyl (C=O) groups excluding carboxylic acids is 1. The summed E-state index contributed by atoms with van der Waals surface area (Å²) in [7, 11) is -4.76. The molecular formula is C13H11BiO7S. The van der Waals surface area contributed by atoms with Gasteiger partial charge in [0.25, 0.3) is 0 Å². The Bertz CT molecular complexity index is 660. The van der Waals surface area contributed by atoms with Gasteiger partial charge in [-0.2, -0.15) is 0 Å². The zero-order valence-electron chi connectivity index (χ0n) is 11.0. The standard InChI is InChI=1S/C7H6O6S.C6H6.Bi.H2O/c8-6-2-1-4(14(11,12)13)3-5(6)7(9)10;1-2-4-6-5-3-1;;/h1-3,8H,(H,9,10)(H,11,12,13);1-6H;;1H2/q;;+3;/p-3. The van der Waals surface area contributed by atoms with Crippen LogP contribution in [0, 0.1) is 0 Å². The first-order valence-corrected chi connectivity index (χ1v) is 6.71. The van der Waals surface area contributed by atoms with Crippen LogP contribution in [0.1, 0.15) is 10.4 Å². The zero-order valence-corrected chi connectivity index (χ0v) is 15.3. The molecule has 0 aliphatic heterocycles. The van der Waals surface area contributed by atoms with E-state index in [4.69, 9.17) is 0 Å². The van der Waals surface area contributed by atoms with E-state index in [0.29, 0.717) is 12.1 Å².